The van der Waals surface area contributed by atoms with Crippen LogP contribution in [-0.4, -0.2) is 36.2 Å². The first-order valence-electron chi connectivity index (χ1n) is 6.58. The zero-order valence-electron chi connectivity index (χ0n) is 11.0. The van der Waals surface area contributed by atoms with Crippen molar-refractivity contribution in [3.63, 3.8) is 0 Å². The number of benzene rings is 1. The fourth-order valence-electron chi connectivity index (χ4n) is 2.65. The van der Waals surface area contributed by atoms with Crippen LogP contribution in [0, 0.1) is 6.92 Å². The number of phenolic OH excluding ortho intramolecular Hbond substituents is 1. The predicted molar refractivity (Wildman–Crippen MR) is 78.0 cm³/mol. The molecule has 0 saturated carbocycles. The third-order valence-corrected chi connectivity index (χ3v) is 4.37. The summed E-state index contributed by atoms with van der Waals surface area (Å²) in [7, 11) is 0. The minimum absolute atomic E-state index is 0.293. The summed E-state index contributed by atoms with van der Waals surface area (Å²) < 4.78 is 1.01. The Morgan fingerprint density at radius 2 is 2.06 bits per heavy atom. The van der Waals surface area contributed by atoms with Crippen LogP contribution >= 0.6 is 15.9 Å². The first-order valence-corrected chi connectivity index (χ1v) is 7.37. The van der Waals surface area contributed by atoms with Gasteiger partial charge in [0, 0.05) is 42.3 Å². The lowest BCUT2D eigenvalue weighted by atomic mass is 9.98. The Morgan fingerprint density at radius 1 is 1.39 bits per heavy atom. The molecule has 1 aromatic carbocycles. The standard InChI is InChI=1S/C14H21BrN2O/c1-3-12(17-8-6-16-7-9-17)13-11(15)5-4-10(2)14(13)18/h4-5,12,16,18H,3,6-9H2,1-2H3/t12-/m0/s1. The van der Waals surface area contributed by atoms with Gasteiger partial charge in [0.15, 0.2) is 0 Å². The van der Waals surface area contributed by atoms with Gasteiger partial charge in [-0.15, -0.1) is 0 Å². The lowest BCUT2D eigenvalue weighted by Crippen LogP contribution is -2.45. The minimum atomic E-state index is 0.293. The second-order valence-electron chi connectivity index (χ2n) is 4.84. The van der Waals surface area contributed by atoms with Crippen LogP contribution in [0.25, 0.3) is 0 Å². The predicted octanol–water partition coefficient (Wildman–Crippen LogP) is 2.82. The van der Waals surface area contributed by atoms with E-state index in [1.54, 1.807) is 0 Å². The molecule has 0 spiro atoms. The Bertz CT molecular complexity index is 417. The largest absolute Gasteiger partial charge is 0.507 e. The van der Waals surface area contributed by atoms with Crippen LogP contribution in [0.4, 0.5) is 0 Å². The third-order valence-electron chi connectivity index (χ3n) is 3.68. The van der Waals surface area contributed by atoms with E-state index in [-0.39, 0.29) is 0 Å². The number of halogens is 1. The van der Waals surface area contributed by atoms with Crippen molar-refractivity contribution >= 4 is 15.9 Å². The summed E-state index contributed by atoms with van der Waals surface area (Å²) in [5, 5.41) is 13.7. The molecule has 1 atom stereocenters. The van der Waals surface area contributed by atoms with Crippen molar-refractivity contribution in [1.82, 2.24) is 10.2 Å². The number of hydrogen-bond acceptors (Lipinski definition) is 3. The molecular formula is C14H21BrN2O. The molecule has 100 valence electrons. The highest BCUT2D eigenvalue weighted by atomic mass is 79.9. The molecule has 0 radical (unpaired) electrons. The molecule has 2 N–H and O–H groups in total. The van der Waals surface area contributed by atoms with Crippen LogP contribution in [-0.2, 0) is 0 Å². The lowest BCUT2D eigenvalue weighted by Gasteiger charge is -2.35. The average Bonchev–Trinajstić information content (AvgIpc) is 2.40. The van der Waals surface area contributed by atoms with Gasteiger partial charge < -0.3 is 10.4 Å². The van der Waals surface area contributed by atoms with Crippen molar-refractivity contribution in [2.75, 3.05) is 26.2 Å². The van der Waals surface area contributed by atoms with Gasteiger partial charge in [-0.25, -0.2) is 0 Å². The maximum atomic E-state index is 10.3. The number of nitrogens with one attached hydrogen (secondary N) is 1. The molecule has 1 aromatic rings. The summed E-state index contributed by atoms with van der Waals surface area (Å²) in [4.78, 5) is 2.45. The monoisotopic (exact) mass is 312 g/mol. The number of aromatic hydroxyl groups is 1. The lowest BCUT2D eigenvalue weighted by molar-refractivity contribution is 0.166. The van der Waals surface area contributed by atoms with Crippen LogP contribution in [0.15, 0.2) is 16.6 Å². The fraction of sp³-hybridized carbons (Fsp3) is 0.571. The zero-order chi connectivity index (χ0) is 13.1. The highest BCUT2D eigenvalue weighted by molar-refractivity contribution is 9.10. The Morgan fingerprint density at radius 3 is 2.67 bits per heavy atom. The molecule has 1 heterocycles. The molecule has 1 aliphatic rings. The first kappa shape index (κ1) is 13.8. The summed E-state index contributed by atoms with van der Waals surface area (Å²) in [6, 6.07) is 4.28. The Kier molecular flexibility index (Phi) is 4.65. The van der Waals surface area contributed by atoms with Gasteiger partial charge in [0.05, 0.1) is 0 Å². The Hall–Kier alpha value is -0.580. The Labute approximate surface area is 117 Å². The maximum absolute atomic E-state index is 10.3. The van der Waals surface area contributed by atoms with Gasteiger partial charge >= 0.3 is 0 Å². The second kappa shape index (κ2) is 6.04. The minimum Gasteiger partial charge on any atom is -0.507 e. The van der Waals surface area contributed by atoms with E-state index in [1.165, 1.54) is 0 Å². The van der Waals surface area contributed by atoms with Gasteiger partial charge in [0.2, 0.25) is 0 Å². The molecule has 2 rings (SSSR count). The zero-order valence-corrected chi connectivity index (χ0v) is 12.6. The molecule has 3 nitrogen and oxygen atoms in total. The molecule has 0 unspecified atom stereocenters. The van der Waals surface area contributed by atoms with Crippen LogP contribution in [0.5, 0.6) is 5.75 Å². The smallest absolute Gasteiger partial charge is 0.124 e. The van der Waals surface area contributed by atoms with Crippen LogP contribution in [0.1, 0.15) is 30.5 Å². The highest BCUT2D eigenvalue weighted by Crippen LogP contribution is 2.38. The van der Waals surface area contributed by atoms with Crippen molar-refractivity contribution < 1.29 is 5.11 Å². The molecule has 0 aromatic heterocycles. The van der Waals surface area contributed by atoms with Crippen molar-refractivity contribution in [2.24, 2.45) is 0 Å². The molecule has 0 bridgehead atoms. The highest BCUT2D eigenvalue weighted by Gasteiger charge is 2.25. The maximum Gasteiger partial charge on any atom is 0.124 e. The fourth-order valence-corrected chi connectivity index (χ4v) is 3.23. The number of hydrogen-bond donors (Lipinski definition) is 2. The van der Waals surface area contributed by atoms with Crippen molar-refractivity contribution in [1.29, 1.82) is 0 Å². The molecule has 0 aliphatic carbocycles. The van der Waals surface area contributed by atoms with Gasteiger partial charge in [-0.3, -0.25) is 4.90 Å². The average molecular weight is 313 g/mol. The number of rotatable bonds is 3. The molecule has 0 amide bonds. The van der Waals surface area contributed by atoms with E-state index in [4.69, 9.17) is 0 Å². The van der Waals surface area contributed by atoms with Crippen LogP contribution in [0.2, 0.25) is 0 Å². The van der Waals surface area contributed by atoms with Gasteiger partial charge in [0.1, 0.15) is 5.75 Å². The first-order chi connectivity index (χ1) is 8.65. The summed E-state index contributed by atoms with van der Waals surface area (Å²) >= 11 is 3.59. The van der Waals surface area contributed by atoms with Gasteiger partial charge in [-0.05, 0) is 25.0 Å². The van der Waals surface area contributed by atoms with E-state index in [0.29, 0.717) is 11.8 Å². The van der Waals surface area contributed by atoms with Crippen LogP contribution < -0.4 is 5.32 Å². The van der Waals surface area contributed by atoms with Crippen molar-refractivity contribution in [3.8, 4) is 5.75 Å². The van der Waals surface area contributed by atoms with E-state index >= 15 is 0 Å². The number of nitrogens with zero attached hydrogens (tertiary/aromatic N) is 1. The summed E-state index contributed by atoms with van der Waals surface area (Å²) in [5.41, 5.74) is 1.99. The normalized spacial score (nSPS) is 18.8. The summed E-state index contributed by atoms with van der Waals surface area (Å²) in [5.74, 6) is 0.440. The van der Waals surface area contributed by atoms with E-state index in [1.807, 2.05) is 19.1 Å². The number of phenols is 1. The van der Waals surface area contributed by atoms with Gasteiger partial charge in [-0.2, -0.15) is 0 Å². The van der Waals surface area contributed by atoms with E-state index in [2.05, 4.69) is 33.1 Å². The van der Waals surface area contributed by atoms with Crippen LogP contribution in [0.3, 0.4) is 0 Å². The quantitative estimate of drug-likeness (QED) is 0.901. The van der Waals surface area contributed by atoms with E-state index in [0.717, 1.165) is 48.2 Å². The molecule has 1 fully saturated rings. The Balaban J connectivity index is 2.34. The van der Waals surface area contributed by atoms with E-state index in [9.17, 15) is 5.11 Å². The molecular weight excluding hydrogens is 292 g/mol. The van der Waals surface area contributed by atoms with E-state index < -0.39 is 0 Å². The van der Waals surface area contributed by atoms with Gasteiger partial charge in [0.25, 0.3) is 0 Å². The third kappa shape index (κ3) is 2.71. The number of piperazine rings is 1. The van der Waals surface area contributed by atoms with Crippen molar-refractivity contribution in [3.05, 3.63) is 27.7 Å². The van der Waals surface area contributed by atoms with Crippen molar-refractivity contribution in [2.45, 2.75) is 26.3 Å². The number of aryl methyl sites for hydroxylation is 1. The van der Waals surface area contributed by atoms with Gasteiger partial charge in [-0.1, -0.05) is 28.9 Å². The molecule has 1 aliphatic heterocycles. The summed E-state index contributed by atoms with van der Waals surface area (Å²) in [6.45, 7) is 8.27. The second-order valence-corrected chi connectivity index (χ2v) is 5.69. The topological polar surface area (TPSA) is 35.5 Å². The summed E-state index contributed by atoms with van der Waals surface area (Å²) in [6.07, 6.45) is 1.01. The molecule has 18 heavy (non-hydrogen) atoms. The molecule has 4 heteroatoms. The molecule has 1 saturated heterocycles. The SMILES string of the molecule is CC[C@@H](c1c(Br)ccc(C)c1O)N1CCNCC1.